The van der Waals surface area contributed by atoms with Gasteiger partial charge in [-0.15, -0.1) is 6.42 Å². The highest BCUT2D eigenvalue weighted by atomic mass is 32.2. The third kappa shape index (κ3) is 28.1. The Morgan fingerprint density at radius 3 is 1.60 bits per heavy atom. The number of rotatable bonds is 15. The van der Waals surface area contributed by atoms with E-state index in [0.29, 0.717) is 24.2 Å². The fourth-order valence-corrected chi connectivity index (χ4v) is 6.71. The molecule has 0 saturated heterocycles. The Morgan fingerprint density at radius 2 is 1.23 bits per heavy atom. The standard InChI is InChI=1S/C25H33FO4S.C25H4.FHO4.H2S.14H2/c1-4-6-13-25(18-27,14-7-5-2)19-31(28,29)24-12-11-22(26)17-21(24)15-20-9-8-10-23(16-20)30-3;1-3-5-7-9-11-13-15-17-19-21-23-25-24-22-20-18-16-14-12-10-8-6-4-2;1-3-5-4-2;;;;;;;;;;;;;;;/h8-12,16-18H,4-7,13-15,19H2,1-3H3;1H,2H3;2H;1H2;14*1H. The first-order valence-corrected chi connectivity index (χ1v) is 19.5. The Hall–Kier alpha value is -7.37. The predicted molar refractivity (Wildman–Crippen MR) is 269 cm³/mol. The van der Waals surface area contributed by atoms with Crippen LogP contribution in [0.5, 0.6) is 5.75 Å². The van der Waals surface area contributed by atoms with E-state index in [0.717, 1.165) is 37.5 Å². The highest BCUT2D eigenvalue weighted by molar-refractivity contribution is 7.91. The Kier molecular flexibility index (Phi) is 34.6. The lowest BCUT2D eigenvalue weighted by Gasteiger charge is -2.28. The van der Waals surface area contributed by atoms with Crippen molar-refractivity contribution < 1.29 is 67.3 Å². The van der Waals surface area contributed by atoms with Gasteiger partial charge in [-0.05, 0) is 177 Å². The molecule has 0 aromatic heterocycles. The van der Waals surface area contributed by atoms with Gasteiger partial charge in [0.1, 0.15) is 17.9 Å². The molecule has 0 amide bonds. The van der Waals surface area contributed by atoms with Crippen molar-refractivity contribution in [1.29, 1.82) is 0 Å². The van der Waals surface area contributed by atoms with Crippen molar-refractivity contribution in [1.82, 2.24) is 0 Å². The summed E-state index contributed by atoms with van der Waals surface area (Å²) < 4.78 is 56.2. The fraction of sp³-hybridized carbons (Fsp3) is 0.260. The van der Waals surface area contributed by atoms with Gasteiger partial charge in [0.2, 0.25) is 0 Å². The van der Waals surface area contributed by atoms with Crippen LogP contribution in [0.25, 0.3) is 0 Å². The number of halogens is 2. The summed E-state index contributed by atoms with van der Waals surface area (Å²) in [5.41, 5.74) is 0.297. The zero-order chi connectivity index (χ0) is 45.3. The van der Waals surface area contributed by atoms with Crippen LogP contribution in [0.1, 0.15) is 90.4 Å². The molecule has 0 heterocycles. The van der Waals surface area contributed by atoms with Crippen molar-refractivity contribution in [3.05, 3.63) is 59.4 Å². The van der Waals surface area contributed by atoms with Gasteiger partial charge in [-0.2, -0.15) is 13.5 Å². The summed E-state index contributed by atoms with van der Waals surface area (Å²) in [5, 5.41) is 14.5. The van der Waals surface area contributed by atoms with E-state index >= 15 is 0 Å². The summed E-state index contributed by atoms with van der Waals surface area (Å²) >= 11 is 0. The molecule has 0 saturated carbocycles. The maximum Gasteiger partial charge on any atom is 0.179 e. The number of unbranched alkanes of at least 4 members (excludes halogenated alkanes) is 2. The number of hydrogen-bond donors (Lipinski definition) is 1. The average molecular weight is 899 g/mol. The number of sulfone groups is 1. The van der Waals surface area contributed by atoms with Crippen LogP contribution in [-0.2, 0) is 36.2 Å². The molecule has 2 rings (SSSR count). The van der Waals surface area contributed by atoms with Crippen molar-refractivity contribution in [2.45, 2.75) is 70.6 Å². The van der Waals surface area contributed by atoms with Crippen molar-refractivity contribution in [3.63, 3.8) is 0 Å². The van der Waals surface area contributed by atoms with E-state index in [1.165, 1.54) is 18.2 Å². The molecule has 2 aromatic carbocycles. The number of carbonyl (C=O) groups is 1. The minimum absolute atomic E-state index is 0. The largest absolute Gasteiger partial charge is 0.497 e. The molecule has 0 spiro atoms. The zero-order valence-electron chi connectivity index (χ0n) is 34.3. The summed E-state index contributed by atoms with van der Waals surface area (Å²) in [7, 11) is -2.24. The molecule has 0 aliphatic carbocycles. The summed E-state index contributed by atoms with van der Waals surface area (Å²) in [6, 6.07) is 11.0. The van der Waals surface area contributed by atoms with Gasteiger partial charge in [0.05, 0.1) is 17.8 Å². The molecular weight excluding hydrogens is 831 g/mol. The van der Waals surface area contributed by atoms with Crippen LogP contribution in [0.15, 0.2) is 47.4 Å². The molecule has 0 fully saturated rings. The van der Waals surface area contributed by atoms with Crippen molar-refractivity contribution >= 4 is 29.6 Å². The van der Waals surface area contributed by atoms with Crippen LogP contribution in [0.3, 0.4) is 0 Å². The number of aldehydes is 1. The quantitative estimate of drug-likeness (QED) is 0.0619. The number of hydrogen-bond acceptors (Lipinski definition) is 8. The molecule has 342 valence electrons. The number of terminal acetylenes is 1. The molecule has 12 heteroatoms. The zero-order valence-corrected chi connectivity index (χ0v) is 36.1. The molecule has 0 atom stereocenters. The van der Waals surface area contributed by atoms with Crippen LogP contribution in [0.4, 0.5) is 8.92 Å². The minimum Gasteiger partial charge on any atom is -0.497 e. The SMILES string of the molecule is C#CC#CC#CC#CC#CC#CC#CC#CC#CC#CC#CC#CC.CCCCC(C=O)(CCCC)CS(=O)(=O)c1ccc(F)cc1Cc1cccc(OC)c1.OOOOF.S.[HH].[HH].[HH].[HH].[HH].[HH].[HH].[HH].[HH].[HH].[HH].[HH].[HH].[HH]. The van der Waals surface area contributed by atoms with Crippen LogP contribution < -0.4 is 4.74 Å². The van der Waals surface area contributed by atoms with Gasteiger partial charge in [-0.1, -0.05) is 57.6 Å². The fourth-order valence-electron chi connectivity index (χ4n) is 4.63. The number of ether oxygens (including phenoxy) is 1. The van der Waals surface area contributed by atoms with Gasteiger partial charge in [-0.25, -0.2) is 18.1 Å². The lowest BCUT2D eigenvalue weighted by Crippen LogP contribution is -2.32. The molecular formula is C50H68F2O8S2. The Bertz CT molecular complexity index is 2700. The molecule has 0 bridgehead atoms. The van der Waals surface area contributed by atoms with Gasteiger partial charge in [0.15, 0.2) is 9.84 Å². The van der Waals surface area contributed by atoms with E-state index in [1.54, 1.807) is 26.2 Å². The molecule has 0 unspecified atom stereocenters. The first kappa shape index (κ1) is 56.7. The molecule has 2 aromatic rings. The van der Waals surface area contributed by atoms with E-state index in [4.69, 9.17) is 16.4 Å². The number of carbonyl (C=O) groups excluding carboxylic acids is 1. The average Bonchev–Trinajstić information content (AvgIpc) is 3.26. The highest BCUT2D eigenvalue weighted by Crippen LogP contribution is 2.34. The third-order valence-corrected chi connectivity index (χ3v) is 9.20. The second-order valence-electron chi connectivity index (χ2n) is 11.5. The smallest absolute Gasteiger partial charge is 0.179 e. The first-order valence-electron chi connectivity index (χ1n) is 17.9. The Morgan fingerprint density at radius 1 is 0.758 bits per heavy atom. The molecule has 0 aliphatic heterocycles. The van der Waals surface area contributed by atoms with Crippen LogP contribution in [0.2, 0.25) is 0 Å². The van der Waals surface area contributed by atoms with E-state index in [9.17, 15) is 22.1 Å². The van der Waals surface area contributed by atoms with Crippen LogP contribution in [-0.4, -0.2) is 32.8 Å². The van der Waals surface area contributed by atoms with Crippen molar-refractivity contribution in [3.8, 4) is 148 Å². The number of benzene rings is 2. The van der Waals surface area contributed by atoms with Gasteiger partial charge < -0.3 is 9.53 Å². The van der Waals surface area contributed by atoms with E-state index < -0.39 is 21.1 Å². The third-order valence-electron chi connectivity index (χ3n) is 7.17. The summed E-state index contributed by atoms with van der Waals surface area (Å²) in [6.07, 6.45) is 10.4. The molecule has 0 radical (unpaired) electrons. The van der Waals surface area contributed by atoms with E-state index in [-0.39, 0.29) is 50.5 Å². The maximum absolute atomic E-state index is 14.0. The van der Waals surface area contributed by atoms with Gasteiger partial charge in [-0.3, -0.25) is 0 Å². The molecule has 0 aliphatic rings. The second-order valence-corrected chi connectivity index (χ2v) is 13.4. The lowest BCUT2D eigenvalue weighted by molar-refractivity contribution is -0.671. The Labute approximate surface area is 392 Å². The van der Waals surface area contributed by atoms with Crippen molar-refractivity contribution in [2.75, 3.05) is 12.9 Å². The van der Waals surface area contributed by atoms with E-state index in [2.05, 4.69) is 151 Å². The highest BCUT2D eigenvalue weighted by Gasteiger charge is 2.36. The first-order chi connectivity index (χ1) is 29.6. The normalized spacial score (nSPS) is 8.23. The van der Waals surface area contributed by atoms with Crippen molar-refractivity contribution in [2.24, 2.45) is 5.41 Å². The predicted octanol–water partition coefficient (Wildman–Crippen LogP) is 10.2. The molecule has 8 nitrogen and oxygen atoms in total. The lowest BCUT2D eigenvalue weighted by atomic mass is 9.81. The van der Waals surface area contributed by atoms with Gasteiger partial charge >= 0.3 is 0 Å². The molecule has 62 heavy (non-hydrogen) atoms. The topological polar surface area (TPSA) is 108 Å². The number of methoxy groups -OCH3 is 1. The Balaban J connectivity index is -0.0000000531. The molecule has 1 N–H and O–H groups in total. The monoisotopic (exact) mass is 898 g/mol. The minimum atomic E-state index is -3.80. The van der Waals surface area contributed by atoms with Gasteiger partial charge in [0.25, 0.3) is 0 Å². The van der Waals surface area contributed by atoms with Gasteiger partial charge in [0, 0.05) is 66.0 Å². The van der Waals surface area contributed by atoms with Crippen LogP contribution in [0, 0.1) is 154 Å². The summed E-state index contributed by atoms with van der Waals surface area (Å²) in [5.74, 6) is 56.8. The maximum atomic E-state index is 14.0. The second kappa shape index (κ2) is 37.9. The van der Waals surface area contributed by atoms with Crippen LogP contribution >= 0.6 is 13.5 Å². The summed E-state index contributed by atoms with van der Waals surface area (Å²) in [4.78, 5) is 12.2. The van der Waals surface area contributed by atoms with E-state index in [1.807, 2.05) is 26.0 Å². The summed E-state index contributed by atoms with van der Waals surface area (Å²) in [6.45, 7) is 5.74.